The van der Waals surface area contributed by atoms with Gasteiger partial charge in [0.1, 0.15) is 5.69 Å². The minimum absolute atomic E-state index is 0.0260. The van der Waals surface area contributed by atoms with Gasteiger partial charge in [-0.1, -0.05) is 19.4 Å². The Morgan fingerprint density at radius 1 is 1.50 bits per heavy atom. The molecular formula is C10H13NO. The first-order valence-electron chi connectivity index (χ1n) is 4.20. The summed E-state index contributed by atoms with van der Waals surface area (Å²) in [6.45, 7) is 3.65. The number of Topliss-reactive ketones (excluding diaryl/α,β-unsaturated/α-hetero) is 1. The van der Waals surface area contributed by atoms with Crippen LogP contribution in [-0.2, 0) is 6.42 Å². The smallest absolute Gasteiger partial charge is 0.178 e. The fourth-order valence-corrected chi connectivity index (χ4v) is 1.07. The van der Waals surface area contributed by atoms with E-state index in [4.69, 9.17) is 0 Å². The SMILES string of the molecule is CCCc1ccc(C(C)=O)nc1. The molecule has 2 nitrogen and oxygen atoms in total. The lowest BCUT2D eigenvalue weighted by molar-refractivity contribution is 0.101. The van der Waals surface area contributed by atoms with Crippen molar-refractivity contribution in [3.63, 3.8) is 0 Å². The van der Waals surface area contributed by atoms with E-state index in [-0.39, 0.29) is 5.78 Å². The quantitative estimate of drug-likeness (QED) is 0.639. The largest absolute Gasteiger partial charge is 0.293 e. The molecule has 0 bridgehead atoms. The maximum absolute atomic E-state index is 10.9. The van der Waals surface area contributed by atoms with Crippen molar-refractivity contribution in [1.82, 2.24) is 4.98 Å². The van der Waals surface area contributed by atoms with E-state index in [2.05, 4.69) is 11.9 Å². The minimum atomic E-state index is 0.0260. The van der Waals surface area contributed by atoms with Crippen LogP contribution in [-0.4, -0.2) is 10.8 Å². The Balaban J connectivity index is 2.78. The minimum Gasteiger partial charge on any atom is -0.293 e. The van der Waals surface area contributed by atoms with Crippen LogP contribution in [0.5, 0.6) is 0 Å². The standard InChI is InChI=1S/C10H13NO/c1-3-4-9-5-6-10(8(2)12)11-7-9/h5-7H,3-4H2,1-2H3. The molecule has 0 unspecified atom stereocenters. The number of rotatable bonds is 3. The molecule has 0 aliphatic carbocycles. The maximum Gasteiger partial charge on any atom is 0.178 e. The molecular weight excluding hydrogens is 150 g/mol. The van der Waals surface area contributed by atoms with Crippen LogP contribution in [0.15, 0.2) is 18.3 Å². The molecule has 0 amide bonds. The third kappa shape index (κ3) is 2.16. The predicted octanol–water partition coefficient (Wildman–Crippen LogP) is 2.24. The molecule has 12 heavy (non-hydrogen) atoms. The first kappa shape index (κ1) is 8.91. The van der Waals surface area contributed by atoms with Crippen molar-refractivity contribution < 1.29 is 4.79 Å². The third-order valence-corrected chi connectivity index (χ3v) is 1.72. The zero-order valence-electron chi connectivity index (χ0n) is 7.50. The molecule has 0 saturated heterocycles. The zero-order chi connectivity index (χ0) is 8.97. The molecule has 1 heterocycles. The van der Waals surface area contributed by atoms with Gasteiger partial charge in [0.25, 0.3) is 0 Å². The monoisotopic (exact) mass is 163 g/mol. The van der Waals surface area contributed by atoms with Crippen LogP contribution in [0.2, 0.25) is 0 Å². The van der Waals surface area contributed by atoms with Crippen molar-refractivity contribution in [3.05, 3.63) is 29.6 Å². The van der Waals surface area contributed by atoms with Gasteiger partial charge >= 0.3 is 0 Å². The number of ketones is 1. The van der Waals surface area contributed by atoms with E-state index < -0.39 is 0 Å². The summed E-state index contributed by atoms with van der Waals surface area (Å²) in [6.07, 6.45) is 3.92. The van der Waals surface area contributed by atoms with Crippen molar-refractivity contribution in [3.8, 4) is 0 Å². The lowest BCUT2D eigenvalue weighted by atomic mass is 10.1. The van der Waals surface area contributed by atoms with Gasteiger partial charge in [-0.2, -0.15) is 0 Å². The lowest BCUT2D eigenvalue weighted by Gasteiger charge is -1.98. The molecule has 0 aromatic carbocycles. The second-order valence-corrected chi connectivity index (χ2v) is 2.86. The number of aromatic nitrogens is 1. The van der Waals surface area contributed by atoms with Gasteiger partial charge in [0.05, 0.1) is 0 Å². The van der Waals surface area contributed by atoms with Gasteiger partial charge < -0.3 is 0 Å². The molecule has 0 saturated carbocycles. The molecule has 2 heteroatoms. The van der Waals surface area contributed by atoms with Crippen LogP contribution in [0.4, 0.5) is 0 Å². The van der Waals surface area contributed by atoms with Crippen LogP contribution in [0.25, 0.3) is 0 Å². The number of carbonyl (C=O) groups excluding carboxylic acids is 1. The second-order valence-electron chi connectivity index (χ2n) is 2.86. The summed E-state index contributed by atoms with van der Waals surface area (Å²) in [5.41, 5.74) is 1.75. The van der Waals surface area contributed by atoms with Crippen LogP contribution in [0.3, 0.4) is 0 Å². The molecule has 0 N–H and O–H groups in total. The summed E-state index contributed by atoms with van der Waals surface area (Å²) >= 11 is 0. The molecule has 0 aliphatic heterocycles. The fourth-order valence-electron chi connectivity index (χ4n) is 1.07. The highest BCUT2D eigenvalue weighted by molar-refractivity contribution is 5.91. The Bertz CT molecular complexity index is 264. The van der Waals surface area contributed by atoms with E-state index in [1.165, 1.54) is 12.5 Å². The summed E-state index contributed by atoms with van der Waals surface area (Å²) < 4.78 is 0. The van der Waals surface area contributed by atoms with Crippen molar-refractivity contribution in [2.24, 2.45) is 0 Å². The van der Waals surface area contributed by atoms with Crippen LogP contribution >= 0.6 is 0 Å². The van der Waals surface area contributed by atoms with Gasteiger partial charge in [-0.15, -0.1) is 0 Å². The molecule has 0 aliphatic rings. The van der Waals surface area contributed by atoms with Crippen LogP contribution < -0.4 is 0 Å². The average molecular weight is 163 g/mol. The van der Waals surface area contributed by atoms with Crippen molar-refractivity contribution in [2.45, 2.75) is 26.7 Å². The number of hydrogen-bond acceptors (Lipinski definition) is 2. The highest BCUT2D eigenvalue weighted by Crippen LogP contribution is 2.03. The normalized spacial score (nSPS) is 9.83. The Morgan fingerprint density at radius 3 is 2.67 bits per heavy atom. The first-order valence-corrected chi connectivity index (χ1v) is 4.20. The number of pyridine rings is 1. The van der Waals surface area contributed by atoms with E-state index in [0.29, 0.717) is 5.69 Å². The summed E-state index contributed by atoms with van der Waals surface area (Å²) in [5, 5.41) is 0. The van der Waals surface area contributed by atoms with E-state index >= 15 is 0 Å². The second kappa shape index (κ2) is 4.00. The molecule has 64 valence electrons. The summed E-state index contributed by atoms with van der Waals surface area (Å²) in [4.78, 5) is 14.9. The van der Waals surface area contributed by atoms with Crippen molar-refractivity contribution in [2.75, 3.05) is 0 Å². The zero-order valence-corrected chi connectivity index (χ0v) is 7.50. The van der Waals surface area contributed by atoms with Crippen LogP contribution in [0, 0.1) is 0 Å². The Hall–Kier alpha value is -1.18. The highest BCUT2D eigenvalue weighted by Gasteiger charge is 1.99. The fraction of sp³-hybridized carbons (Fsp3) is 0.400. The number of aryl methyl sites for hydroxylation is 1. The predicted molar refractivity (Wildman–Crippen MR) is 48.2 cm³/mol. The average Bonchev–Trinajstić information content (AvgIpc) is 2.06. The lowest BCUT2D eigenvalue weighted by Crippen LogP contribution is -1.96. The van der Waals surface area contributed by atoms with Gasteiger partial charge in [0.2, 0.25) is 0 Å². The van der Waals surface area contributed by atoms with Crippen LogP contribution in [0.1, 0.15) is 36.3 Å². The summed E-state index contributed by atoms with van der Waals surface area (Å²) in [7, 11) is 0. The number of carbonyl (C=O) groups is 1. The molecule has 1 aromatic rings. The first-order chi connectivity index (χ1) is 5.74. The topological polar surface area (TPSA) is 30.0 Å². The van der Waals surface area contributed by atoms with Gasteiger partial charge in [-0.25, -0.2) is 0 Å². The van der Waals surface area contributed by atoms with Crippen molar-refractivity contribution >= 4 is 5.78 Å². The Kier molecular flexibility index (Phi) is 2.97. The molecule has 1 rings (SSSR count). The molecule has 0 atom stereocenters. The van der Waals surface area contributed by atoms with E-state index in [9.17, 15) is 4.79 Å². The Morgan fingerprint density at radius 2 is 2.25 bits per heavy atom. The third-order valence-electron chi connectivity index (χ3n) is 1.72. The maximum atomic E-state index is 10.9. The Labute approximate surface area is 72.6 Å². The highest BCUT2D eigenvalue weighted by atomic mass is 16.1. The molecule has 0 fully saturated rings. The van der Waals surface area contributed by atoms with Gasteiger partial charge in [0.15, 0.2) is 5.78 Å². The van der Waals surface area contributed by atoms with E-state index in [1.807, 2.05) is 6.07 Å². The van der Waals surface area contributed by atoms with Gasteiger partial charge in [-0.3, -0.25) is 9.78 Å². The van der Waals surface area contributed by atoms with Gasteiger partial charge in [0, 0.05) is 13.1 Å². The summed E-state index contributed by atoms with van der Waals surface area (Å²) in [5.74, 6) is 0.0260. The van der Waals surface area contributed by atoms with Gasteiger partial charge in [-0.05, 0) is 18.1 Å². The van der Waals surface area contributed by atoms with E-state index in [0.717, 1.165) is 12.8 Å². The summed E-state index contributed by atoms with van der Waals surface area (Å²) in [6, 6.07) is 3.75. The number of hydrogen-bond donors (Lipinski definition) is 0. The number of nitrogens with zero attached hydrogens (tertiary/aromatic N) is 1. The van der Waals surface area contributed by atoms with E-state index in [1.54, 1.807) is 12.3 Å². The molecule has 0 spiro atoms. The van der Waals surface area contributed by atoms with Crippen molar-refractivity contribution in [1.29, 1.82) is 0 Å². The molecule has 0 radical (unpaired) electrons. The molecule has 1 aromatic heterocycles.